The van der Waals surface area contributed by atoms with Crippen molar-refractivity contribution in [2.75, 3.05) is 13.1 Å². The second kappa shape index (κ2) is 12.1. The third-order valence-corrected chi connectivity index (χ3v) is 2.46. The lowest BCUT2D eigenvalue weighted by atomic mass is 10.2. The molecule has 0 atom stereocenters. The van der Waals surface area contributed by atoms with E-state index in [0.29, 0.717) is 13.1 Å². The highest BCUT2D eigenvalue weighted by Crippen LogP contribution is 1.97. The normalized spacial score (nSPS) is 10.7. The van der Waals surface area contributed by atoms with Gasteiger partial charge in [-0.15, -0.1) is 0 Å². The van der Waals surface area contributed by atoms with Gasteiger partial charge >= 0.3 is 11.9 Å². The van der Waals surface area contributed by atoms with Crippen molar-refractivity contribution in [3.8, 4) is 0 Å². The molecule has 122 valence electrons. The van der Waals surface area contributed by atoms with Crippen molar-refractivity contribution >= 4 is 23.8 Å². The molecule has 0 aromatic heterocycles. The molecule has 8 heteroatoms. The first-order valence-electron chi connectivity index (χ1n) is 6.79. The average molecular weight is 312 g/mol. The lowest BCUT2D eigenvalue weighted by Gasteiger charge is -2.03. The quantitative estimate of drug-likeness (QED) is 0.315. The Morgan fingerprint density at radius 1 is 0.636 bits per heavy atom. The third kappa shape index (κ3) is 13.8. The van der Waals surface area contributed by atoms with Crippen LogP contribution < -0.4 is 10.6 Å². The lowest BCUT2D eigenvalue weighted by molar-refractivity contribution is -0.132. The largest absolute Gasteiger partial charge is 0.478 e. The Balaban J connectivity index is 3.47. The van der Waals surface area contributed by atoms with Crippen molar-refractivity contribution in [3.05, 3.63) is 24.3 Å². The highest BCUT2D eigenvalue weighted by molar-refractivity contribution is 5.94. The van der Waals surface area contributed by atoms with Gasteiger partial charge < -0.3 is 20.8 Å². The predicted octanol–water partition coefficient (Wildman–Crippen LogP) is 0.0608. The van der Waals surface area contributed by atoms with Crippen LogP contribution in [0, 0.1) is 0 Å². The molecule has 0 unspecified atom stereocenters. The van der Waals surface area contributed by atoms with Crippen molar-refractivity contribution in [2.45, 2.75) is 25.7 Å². The molecule has 0 saturated heterocycles. The van der Waals surface area contributed by atoms with E-state index in [4.69, 9.17) is 10.2 Å². The van der Waals surface area contributed by atoms with Crippen LogP contribution in [0.15, 0.2) is 24.3 Å². The monoisotopic (exact) mass is 312 g/mol. The van der Waals surface area contributed by atoms with Crippen molar-refractivity contribution < 1.29 is 29.4 Å². The van der Waals surface area contributed by atoms with Crippen LogP contribution in [-0.2, 0) is 19.2 Å². The Bertz CT molecular complexity index is 414. The summed E-state index contributed by atoms with van der Waals surface area (Å²) in [7, 11) is 0. The van der Waals surface area contributed by atoms with Crippen LogP contribution in [0.25, 0.3) is 0 Å². The van der Waals surface area contributed by atoms with Crippen LogP contribution in [-0.4, -0.2) is 47.1 Å². The zero-order valence-electron chi connectivity index (χ0n) is 12.1. The van der Waals surface area contributed by atoms with E-state index in [-0.39, 0.29) is 0 Å². The Morgan fingerprint density at radius 3 is 1.32 bits per heavy atom. The molecule has 8 nitrogen and oxygen atoms in total. The SMILES string of the molecule is O=C(O)C=CC(=O)NCCCCCCNC(=O)C=CC(=O)O. The molecule has 2 amide bonds. The topological polar surface area (TPSA) is 133 Å². The van der Waals surface area contributed by atoms with Gasteiger partial charge in [-0.25, -0.2) is 9.59 Å². The minimum Gasteiger partial charge on any atom is -0.478 e. The number of carbonyl (C=O) groups excluding carboxylic acids is 2. The fourth-order valence-electron chi connectivity index (χ4n) is 1.44. The van der Waals surface area contributed by atoms with Gasteiger partial charge in [-0.05, 0) is 12.8 Å². The number of unbranched alkanes of at least 4 members (excludes halogenated alkanes) is 3. The van der Waals surface area contributed by atoms with Crippen LogP contribution in [0.1, 0.15) is 25.7 Å². The summed E-state index contributed by atoms with van der Waals surface area (Å²) in [6.45, 7) is 0.910. The van der Waals surface area contributed by atoms with E-state index in [1.807, 2.05) is 0 Å². The number of carboxylic acid groups (broad SMARTS) is 2. The van der Waals surface area contributed by atoms with Gasteiger partial charge in [-0.3, -0.25) is 9.59 Å². The summed E-state index contributed by atoms with van der Waals surface area (Å²) in [6, 6.07) is 0. The van der Waals surface area contributed by atoms with E-state index in [9.17, 15) is 19.2 Å². The summed E-state index contributed by atoms with van der Waals surface area (Å²) in [4.78, 5) is 42.6. The molecule has 0 aliphatic heterocycles. The molecule has 0 bridgehead atoms. The number of hydrogen-bond acceptors (Lipinski definition) is 4. The summed E-state index contributed by atoms with van der Waals surface area (Å²) in [5.74, 6) is -3.23. The van der Waals surface area contributed by atoms with Crippen LogP contribution >= 0.6 is 0 Å². The molecular formula is C14H20N2O6. The first-order valence-corrected chi connectivity index (χ1v) is 6.79. The number of rotatable bonds is 11. The minimum absolute atomic E-state index is 0.445. The van der Waals surface area contributed by atoms with E-state index in [1.165, 1.54) is 0 Å². The number of amides is 2. The lowest BCUT2D eigenvalue weighted by Crippen LogP contribution is -2.23. The smallest absolute Gasteiger partial charge is 0.328 e. The van der Waals surface area contributed by atoms with Gasteiger partial charge in [0.05, 0.1) is 0 Å². The number of hydrogen-bond donors (Lipinski definition) is 4. The molecule has 0 fully saturated rings. The number of carbonyl (C=O) groups is 4. The van der Waals surface area contributed by atoms with Crippen LogP contribution in [0.4, 0.5) is 0 Å². The molecule has 0 aliphatic carbocycles. The molecule has 4 N–H and O–H groups in total. The fourth-order valence-corrected chi connectivity index (χ4v) is 1.44. The van der Waals surface area contributed by atoms with E-state index in [2.05, 4.69) is 10.6 Å². The molecule has 0 radical (unpaired) electrons. The summed E-state index contributed by atoms with van der Waals surface area (Å²) >= 11 is 0. The predicted molar refractivity (Wildman–Crippen MR) is 78.0 cm³/mol. The van der Waals surface area contributed by atoms with Gasteiger partial charge in [0.15, 0.2) is 0 Å². The summed E-state index contributed by atoms with van der Waals surface area (Å²) in [5, 5.41) is 21.8. The maximum atomic E-state index is 11.1. The van der Waals surface area contributed by atoms with Crippen molar-refractivity contribution in [3.63, 3.8) is 0 Å². The van der Waals surface area contributed by atoms with Crippen LogP contribution in [0.5, 0.6) is 0 Å². The maximum absolute atomic E-state index is 11.1. The minimum atomic E-state index is -1.17. The molecule has 0 heterocycles. The Morgan fingerprint density at radius 2 is 1.00 bits per heavy atom. The second-order valence-corrected chi connectivity index (χ2v) is 4.34. The number of nitrogens with one attached hydrogen (secondary N) is 2. The van der Waals surface area contributed by atoms with Crippen LogP contribution in [0.2, 0.25) is 0 Å². The first kappa shape index (κ1) is 19.4. The summed E-state index contributed by atoms with van der Waals surface area (Å²) < 4.78 is 0. The molecule has 0 aromatic carbocycles. The van der Waals surface area contributed by atoms with E-state index in [1.54, 1.807) is 0 Å². The van der Waals surface area contributed by atoms with Crippen molar-refractivity contribution in [1.29, 1.82) is 0 Å². The van der Waals surface area contributed by atoms with Crippen molar-refractivity contribution in [1.82, 2.24) is 10.6 Å². The molecular weight excluding hydrogens is 292 g/mol. The molecule has 0 spiro atoms. The number of carboxylic acids is 2. The second-order valence-electron chi connectivity index (χ2n) is 4.34. The van der Waals surface area contributed by atoms with Gasteiger partial charge in [-0.1, -0.05) is 12.8 Å². The van der Waals surface area contributed by atoms with E-state index < -0.39 is 23.8 Å². The zero-order chi connectivity index (χ0) is 16.8. The fraction of sp³-hybridized carbons (Fsp3) is 0.429. The molecule has 0 saturated carbocycles. The van der Waals surface area contributed by atoms with Crippen molar-refractivity contribution in [2.24, 2.45) is 0 Å². The van der Waals surface area contributed by atoms with Gasteiger partial charge in [0.25, 0.3) is 0 Å². The highest BCUT2D eigenvalue weighted by Gasteiger charge is 1.98. The van der Waals surface area contributed by atoms with E-state index in [0.717, 1.165) is 50.0 Å². The highest BCUT2D eigenvalue weighted by atomic mass is 16.4. The summed E-state index contributed by atoms with van der Waals surface area (Å²) in [5.41, 5.74) is 0. The standard InChI is InChI=1S/C14H20N2O6/c17-11(5-7-13(19)20)15-9-3-1-2-4-10-16-12(18)6-8-14(21)22/h5-8H,1-4,9-10H2,(H,15,17)(H,16,18)(H,19,20)(H,21,22). The Kier molecular flexibility index (Phi) is 10.7. The molecule has 22 heavy (non-hydrogen) atoms. The zero-order valence-corrected chi connectivity index (χ0v) is 12.1. The maximum Gasteiger partial charge on any atom is 0.328 e. The van der Waals surface area contributed by atoms with E-state index >= 15 is 0 Å². The average Bonchev–Trinajstić information content (AvgIpc) is 2.45. The molecule has 0 aromatic rings. The van der Waals surface area contributed by atoms with Crippen LogP contribution in [0.3, 0.4) is 0 Å². The van der Waals surface area contributed by atoms with Gasteiger partial charge in [0, 0.05) is 37.4 Å². The first-order chi connectivity index (χ1) is 10.4. The number of aliphatic carboxylic acids is 2. The third-order valence-electron chi connectivity index (χ3n) is 2.46. The summed E-state index contributed by atoms with van der Waals surface area (Å²) in [6.07, 6.45) is 6.67. The molecule has 0 aliphatic rings. The van der Waals surface area contributed by atoms with Gasteiger partial charge in [0.2, 0.25) is 11.8 Å². The molecule has 0 rings (SSSR count). The Hall–Kier alpha value is -2.64. The van der Waals surface area contributed by atoms with Gasteiger partial charge in [0.1, 0.15) is 0 Å². The Labute approximate surface area is 127 Å². The van der Waals surface area contributed by atoms with Gasteiger partial charge in [-0.2, -0.15) is 0 Å².